The summed E-state index contributed by atoms with van der Waals surface area (Å²) in [6.07, 6.45) is 0.234. The van der Waals surface area contributed by atoms with Crippen LogP contribution in [0, 0.1) is 18.3 Å². The second-order valence-electron chi connectivity index (χ2n) is 8.99. The van der Waals surface area contributed by atoms with Crippen LogP contribution >= 0.6 is 0 Å². The predicted octanol–water partition coefficient (Wildman–Crippen LogP) is 7.45. The molecule has 0 radical (unpaired) electrons. The van der Waals surface area contributed by atoms with Crippen LogP contribution in [0.5, 0.6) is 17.2 Å². The van der Waals surface area contributed by atoms with Gasteiger partial charge in [-0.3, -0.25) is 0 Å². The number of ether oxygens (including phenoxy) is 3. The quantitative estimate of drug-likeness (QED) is 0.181. The molecule has 6 nitrogen and oxygen atoms in total. The first-order valence-corrected chi connectivity index (χ1v) is 12.7. The largest absolute Gasteiger partial charge is 0.489 e. The van der Waals surface area contributed by atoms with Crippen LogP contribution in [0.4, 0.5) is 0 Å². The Morgan fingerprint density at radius 1 is 0.718 bits per heavy atom. The van der Waals surface area contributed by atoms with Gasteiger partial charge in [0.1, 0.15) is 48.5 Å². The van der Waals surface area contributed by atoms with Gasteiger partial charge in [-0.25, -0.2) is 4.98 Å². The Kier molecular flexibility index (Phi) is 8.20. The minimum atomic E-state index is 0.234. The molecule has 0 saturated heterocycles. The molecule has 0 spiro atoms. The van der Waals surface area contributed by atoms with E-state index in [-0.39, 0.29) is 6.42 Å². The Labute approximate surface area is 228 Å². The first-order valence-electron chi connectivity index (χ1n) is 12.7. The molecule has 6 heteroatoms. The van der Waals surface area contributed by atoms with Crippen LogP contribution in [-0.4, -0.2) is 4.98 Å². The van der Waals surface area contributed by atoms with Crippen LogP contribution in [0.3, 0.4) is 0 Å². The number of benzene rings is 4. The van der Waals surface area contributed by atoms with Crippen LogP contribution in [0.1, 0.15) is 28.1 Å². The van der Waals surface area contributed by atoms with Gasteiger partial charge in [-0.05, 0) is 60.5 Å². The minimum Gasteiger partial charge on any atom is -0.489 e. The fourth-order valence-corrected chi connectivity index (χ4v) is 4.01. The maximum atomic E-state index is 9.30. The van der Waals surface area contributed by atoms with Crippen molar-refractivity contribution in [2.75, 3.05) is 0 Å². The molecule has 194 valence electrons. The zero-order valence-electron chi connectivity index (χ0n) is 21.7. The van der Waals surface area contributed by atoms with E-state index in [2.05, 4.69) is 11.1 Å². The zero-order valence-corrected chi connectivity index (χ0v) is 21.7. The van der Waals surface area contributed by atoms with E-state index in [1.807, 2.05) is 110 Å². The van der Waals surface area contributed by atoms with Crippen molar-refractivity contribution in [3.05, 3.63) is 131 Å². The molecule has 39 heavy (non-hydrogen) atoms. The van der Waals surface area contributed by atoms with E-state index in [0.29, 0.717) is 37.2 Å². The Morgan fingerprint density at radius 3 is 2.10 bits per heavy atom. The molecule has 1 heterocycles. The van der Waals surface area contributed by atoms with E-state index in [4.69, 9.17) is 18.6 Å². The molecule has 5 aromatic rings. The molecule has 0 atom stereocenters. The summed E-state index contributed by atoms with van der Waals surface area (Å²) >= 11 is 0. The molecule has 0 aliphatic heterocycles. The van der Waals surface area contributed by atoms with Crippen LogP contribution in [-0.2, 0) is 26.2 Å². The maximum absolute atomic E-state index is 9.30. The Hall–Kier alpha value is -5.02. The second-order valence-corrected chi connectivity index (χ2v) is 8.99. The third-order valence-corrected chi connectivity index (χ3v) is 6.16. The number of hydrogen-bond donors (Lipinski definition) is 0. The number of aromatic nitrogens is 1. The average molecular weight is 517 g/mol. The summed E-state index contributed by atoms with van der Waals surface area (Å²) < 4.78 is 23.7. The van der Waals surface area contributed by atoms with E-state index in [0.717, 1.165) is 39.5 Å². The second kappa shape index (κ2) is 12.5. The molecule has 4 aromatic carbocycles. The van der Waals surface area contributed by atoms with Gasteiger partial charge in [0.25, 0.3) is 0 Å². The molecule has 0 saturated carbocycles. The summed E-state index contributed by atoms with van der Waals surface area (Å²) in [6, 6.07) is 35.3. The number of nitrogens with zero attached hydrogens (tertiary/aromatic N) is 2. The predicted molar refractivity (Wildman–Crippen MR) is 148 cm³/mol. The van der Waals surface area contributed by atoms with Gasteiger partial charge in [0.05, 0.1) is 12.5 Å². The van der Waals surface area contributed by atoms with Crippen molar-refractivity contribution in [3.63, 3.8) is 0 Å². The van der Waals surface area contributed by atoms with Crippen LogP contribution in [0.15, 0.2) is 108 Å². The summed E-state index contributed by atoms with van der Waals surface area (Å²) in [5.74, 6) is 3.43. The van der Waals surface area contributed by atoms with Crippen LogP contribution in [0.25, 0.3) is 11.5 Å². The lowest BCUT2D eigenvalue weighted by molar-refractivity contribution is 0.292. The highest BCUT2D eigenvalue weighted by molar-refractivity contribution is 5.53. The Bertz CT molecular complexity index is 1540. The van der Waals surface area contributed by atoms with Crippen molar-refractivity contribution < 1.29 is 18.6 Å². The van der Waals surface area contributed by atoms with E-state index >= 15 is 0 Å². The third-order valence-electron chi connectivity index (χ3n) is 6.16. The van der Waals surface area contributed by atoms with Crippen LogP contribution < -0.4 is 14.2 Å². The van der Waals surface area contributed by atoms with Gasteiger partial charge in [-0.1, -0.05) is 60.7 Å². The number of nitriles is 1. The Balaban J connectivity index is 1.16. The van der Waals surface area contributed by atoms with Crippen molar-refractivity contribution >= 4 is 0 Å². The number of aryl methyl sites for hydroxylation is 1. The molecule has 0 aliphatic rings. The molecular formula is C33H28N2O4. The smallest absolute Gasteiger partial charge is 0.226 e. The van der Waals surface area contributed by atoms with Gasteiger partial charge in [-0.15, -0.1) is 0 Å². The molecule has 0 amide bonds. The zero-order chi connectivity index (χ0) is 26.9. The molecule has 0 unspecified atom stereocenters. The number of oxazole rings is 1. The normalized spacial score (nSPS) is 10.6. The highest BCUT2D eigenvalue weighted by atomic mass is 16.5. The van der Waals surface area contributed by atoms with Crippen LogP contribution in [0.2, 0.25) is 0 Å². The van der Waals surface area contributed by atoms with E-state index in [1.165, 1.54) is 0 Å². The third kappa shape index (κ3) is 6.85. The van der Waals surface area contributed by atoms with Crippen molar-refractivity contribution in [2.45, 2.75) is 33.2 Å². The van der Waals surface area contributed by atoms with Gasteiger partial charge in [-0.2, -0.15) is 5.26 Å². The summed E-state index contributed by atoms with van der Waals surface area (Å²) in [4.78, 5) is 4.59. The standard InChI is InChI=1S/C33H28N2O4/c1-24-31(35-33(39-24)27-10-6-3-7-11-27)23-37-29-14-12-26(13-15-29)22-38-32-17-16-30(20-28(32)18-19-34)36-21-25-8-4-2-5-9-25/h2-17,20H,18,21-23H2,1H3. The highest BCUT2D eigenvalue weighted by Crippen LogP contribution is 2.27. The fraction of sp³-hybridized carbons (Fsp3) is 0.152. The first-order chi connectivity index (χ1) is 19.2. The fourth-order valence-electron chi connectivity index (χ4n) is 4.01. The molecule has 0 bridgehead atoms. The lowest BCUT2D eigenvalue weighted by atomic mass is 10.1. The molecule has 0 aliphatic carbocycles. The van der Waals surface area contributed by atoms with Crippen molar-refractivity contribution in [1.82, 2.24) is 4.98 Å². The summed E-state index contributed by atoms with van der Waals surface area (Å²) in [6.45, 7) is 3.03. The average Bonchev–Trinajstić information content (AvgIpc) is 3.36. The van der Waals surface area contributed by atoms with Gasteiger partial charge < -0.3 is 18.6 Å². The minimum absolute atomic E-state index is 0.234. The van der Waals surface area contributed by atoms with Gasteiger partial charge in [0, 0.05) is 11.1 Å². The number of rotatable bonds is 11. The van der Waals surface area contributed by atoms with Gasteiger partial charge in [0.2, 0.25) is 5.89 Å². The van der Waals surface area contributed by atoms with E-state index in [9.17, 15) is 5.26 Å². The summed E-state index contributed by atoms with van der Waals surface area (Å²) in [5.41, 5.74) is 4.56. The summed E-state index contributed by atoms with van der Waals surface area (Å²) in [5, 5.41) is 9.30. The van der Waals surface area contributed by atoms with E-state index < -0.39 is 0 Å². The molecule has 0 fully saturated rings. The van der Waals surface area contributed by atoms with Gasteiger partial charge >= 0.3 is 0 Å². The summed E-state index contributed by atoms with van der Waals surface area (Å²) in [7, 11) is 0. The SMILES string of the molecule is Cc1oc(-c2ccccc2)nc1COc1ccc(COc2ccc(OCc3ccccc3)cc2CC#N)cc1. The molecule has 0 N–H and O–H groups in total. The molecule has 5 rings (SSSR count). The first kappa shape index (κ1) is 25.6. The molecular weight excluding hydrogens is 488 g/mol. The maximum Gasteiger partial charge on any atom is 0.226 e. The van der Waals surface area contributed by atoms with Crippen molar-refractivity contribution in [2.24, 2.45) is 0 Å². The highest BCUT2D eigenvalue weighted by Gasteiger charge is 2.12. The van der Waals surface area contributed by atoms with E-state index in [1.54, 1.807) is 0 Å². The lowest BCUT2D eigenvalue weighted by Gasteiger charge is -2.13. The monoisotopic (exact) mass is 516 g/mol. The van der Waals surface area contributed by atoms with Crippen molar-refractivity contribution in [3.8, 4) is 34.8 Å². The molecule has 1 aromatic heterocycles. The lowest BCUT2D eigenvalue weighted by Crippen LogP contribution is -2.01. The number of hydrogen-bond acceptors (Lipinski definition) is 6. The Morgan fingerprint density at radius 2 is 1.36 bits per heavy atom. The topological polar surface area (TPSA) is 77.5 Å². The van der Waals surface area contributed by atoms with Crippen molar-refractivity contribution in [1.29, 1.82) is 5.26 Å². The van der Waals surface area contributed by atoms with Gasteiger partial charge in [0.15, 0.2) is 0 Å².